The van der Waals surface area contributed by atoms with Gasteiger partial charge in [-0.1, -0.05) is 11.5 Å². The molecule has 2 aliphatic carbocycles. The molecule has 0 spiro atoms. The van der Waals surface area contributed by atoms with Gasteiger partial charge < -0.3 is 14.6 Å². The summed E-state index contributed by atoms with van der Waals surface area (Å²) in [7, 11) is 1.56. The van der Waals surface area contributed by atoms with Gasteiger partial charge in [0.2, 0.25) is 0 Å². The van der Waals surface area contributed by atoms with Gasteiger partial charge in [-0.2, -0.15) is 0 Å². The zero-order valence-electron chi connectivity index (χ0n) is 16.2. The van der Waals surface area contributed by atoms with Crippen molar-refractivity contribution in [1.82, 2.24) is 0 Å². The molecule has 5 atom stereocenters. The number of ether oxygens (including phenoxy) is 2. The van der Waals surface area contributed by atoms with Crippen LogP contribution in [0.15, 0.2) is 39.3 Å². The number of alkyl halides is 1. The summed E-state index contributed by atoms with van der Waals surface area (Å²) in [5.41, 5.74) is 2.41. The minimum atomic E-state index is -1.19. The topological polar surface area (TPSA) is 51.0 Å². The molecule has 4 nitrogen and oxygen atoms in total. The number of hydrogen-bond donors (Lipinski definition) is 1. The number of aliphatic hydroxyl groups is 1. The van der Waals surface area contributed by atoms with E-state index < -0.39 is 12.3 Å². The third-order valence-electron chi connectivity index (χ3n) is 5.87. The molecule has 0 aromatic rings. The van der Waals surface area contributed by atoms with Gasteiger partial charge >= 0.3 is 0 Å². The Labute approximate surface area is 160 Å². The molecule has 3 rings (SSSR count). The highest BCUT2D eigenvalue weighted by atomic mass is 19.1. The Balaban J connectivity index is 1.76. The summed E-state index contributed by atoms with van der Waals surface area (Å²) in [6.45, 7) is 3.77. The largest absolute Gasteiger partial charge is 0.509 e. The number of nitrogens with zero attached hydrogens (tertiary/aromatic N) is 1. The van der Waals surface area contributed by atoms with Crippen LogP contribution in [0.25, 0.3) is 0 Å². The Morgan fingerprint density at radius 1 is 1.41 bits per heavy atom. The number of fused-ring (bicyclic) bond motifs is 1. The first-order chi connectivity index (χ1) is 12.9. The Morgan fingerprint density at radius 3 is 2.89 bits per heavy atom. The van der Waals surface area contributed by atoms with Crippen LogP contribution in [0.5, 0.6) is 0 Å². The van der Waals surface area contributed by atoms with Crippen molar-refractivity contribution in [2.75, 3.05) is 7.11 Å². The van der Waals surface area contributed by atoms with E-state index >= 15 is 4.39 Å². The Morgan fingerprint density at radius 2 is 2.19 bits per heavy atom. The zero-order valence-corrected chi connectivity index (χ0v) is 16.2. The number of rotatable bonds is 4. The molecule has 146 valence electrons. The van der Waals surface area contributed by atoms with Gasteiger partial charge in [0.15, 0.2) is 6.17 Å². The van der Waals surface area contributed by atoms with E-state index in [-0.39, 0.29) is 23.8 Å². The van der Waals surface area contributed by atoms with Crippen molar-refractivity contribution in [3.63, 3.8) is 0 Å². The minimum Gasteiger partial charge on any atom is -0.509 e. The van der Waals surface area contributed by atoms with Crippen molar-refractivity contribution in [3.05, 3.63) is 34.3 Å². The monoisotopic (exact) mass is 373 g/mol. The van der Waals surface area contributed by atoms with E-state index in [9.17, 15) is 5.11 Å². The molecular weight excluding hydrogens is 345 g/mol. The number of hydrogen-bond acceptors (Lipinski definition) is 4. The van der Waals surface area contributed by atoms with Crippen LogP contribution in [0.4, 0.5) is 4.39 Å². The average molecular weight is 373 g/mol. The highest BCUT2D eigenvalue weighted by Gasteiger charge is 2.41. The molecule has 0 aromatic heterocycles. The maximum absolute atomic E-state index is 15.2. The predicted octanol–water partition coefficient (Wildman–Crippen LogP) is 4.44. The normalized spacial score (nSPS) is 34.3. The first kappa shape index (κ1) is 19.7. The van der Waals surface area contributed by atoms with Gasteiger partial charge in [-0.05, 0) is 43.9 Å². The smallest absolute Gasteiger partial charge is 0.151 e. The molecule has 0 radical (unpaired) electrons. The SMILES string of the molecule is C#C/C(C)=C\C1=C(C)CC[C@H](O[C@H]2CC=N[C@H]3CC(O)=C(OC)C[C@H]32)C1F. The number of halogens is 1. The number of allylic oxidation sites excluding steroid dienone is 4. The minimum absolute atomic E-state index is 0.0374. The maximum Gasteiger partial charge on any atom is 0.151 e. The molecule has 5 heteroatoms. The van der Waals surface area contributed by atoms with Crippen LogP contribution in [0.3, 0.4) is 0 Å². The third kappa shape index (κ3) is 4.11. The van der Waals surface area contributed by atoms with Gasteiger partial charge in [0, 0.05) is 31.4 Å². The molecule has 1 N–H and O–H groups in total. The zero-order chi connectivity index (χ0) is 19.6. The molecule has 1 aliphatic heterocycles. The summed E-state index contributed by atoms with van der Waals surface area (Å²) in [5.74, 6) is 3.50. The van der Waals surface area contributed by atoms with E-state index in [2.05, 4.69) is 10.9 Å². The molecule has 1 heterocycles. The second kappa shape index (κ2) is 8.31. The fraction of sp³-hybridized carbons (Fsp3) is 0.591. The number of terminal acetylenes is 1. The number of methoxy groups -OCH3 is 1. The van der Waals surface area contributed by atoms with E-state index in [4.69, 9.17) is 15.9 Å². The molecule has 1 unspecified atom stereocenters. The molecule has 3 aliphatic rings. The van der Waals surface area contributed by atoms with Crippen LogP contribution in [-0.2, 0) is 9.47 Å². The molecule has 0 fully saturated rings. The van der Waals surface area contributed by atoms with Crippen molar-refractivity contribution in [2.24, 2.45) is 10.9 Å². The Kier molecular flexibility index (Phi) is 6.06. The summed E-state index contributed by atoms with van der Waals surface area (Å²) in [6, 6.07) is -0.0374. The van der Waals surface area contributed by atoms with Crippen molar-refractivity contribution in [1.29, 1.82) is 0 Å². The summed E-state index contributed by atoms with van der Waals surface area (Å²) in [5, 5.41) is 10.1. The summed E-state index contributed by atoms with van der Waals surface area (Å²) < 4.78 is 26.8. The van der Waals surface area contributed by atoms with Crippen molar-refractivity contribution in [2.45, 2.75) is 70.4 Å². The van der Waals surface area contributed by atoms with E-state index in [1.165, 1.54) is 0 Å². The van der Waals surface area contributed by atoms with Crippen LogP contribution in [-0.4, -0.2) is 42.9 Å². The lowest BCUT2D eigenvalue weighted by Gasteiger charge is -2.40. The lowest BCUT2D eigenvalue weighted by Crippen LogP contribution is -2.44. The van der Waals surface area contributed by atoms with Crippen molar-refractivity contribution >= 4 is 6.21 Å². The lowest BCUT2D eigenvalue weighted by atomic mass is 9.80. The summed E-state index contributed by atoms with van der Waals surface area (Å²) >= 11 is 0. The van der Waals surface area contributed by atoms with Crippen LogP contribution in [0.2, 0.25) is 0 Å². The summed E-state index contributed by atoms with van der Waals surface area (Å²) in [4.78, 5) is 4.52. The molecule has 27 heavy (non-hydrogen) atoms. The predicted molar refractivity (Wildman–Crippen MR) is 104 cm³/mol. The van der Waals surface area contributed by atoms with Gasteiger partial charge in [-0.3, -0.25) is 4.99 Å². The second-order valence-corrected chi connectivity index (χ2v) is 7.64. The van der Waals surface area contributed by atoms with Gasteiger partial charge in [-0.25, -0.2) is 4.39 Å². The third-order valence-corrected chi connectivity index (χ3v) is 5.87. The van der Waals surface area contributed by atoms with Crippen molar-refractivity contribution in [3.8, 4) is 12.3 Å². The maximum atomic E-state index is 15.2. The van der Waals surface area contributed by atoms with E-state index in [0.717, 1.165) is 17.6 Å². The van der Waals surface area contributed by atoms with Crippen LogP contribution in [0.1, 0.15) is 46.0 Å². The van der Waals surface area contributed by atoms with Crippen LogP contribution in [0, 0.1) is 18.3 Å². The Bertz CT molecular complexity index is 743. The molecule has 0 saturated carbocycles. The van der Waals surface area contributed by atoms with Gasteiger partial charge in [0.25, 0.3) is 0 Å². The number of aliphatic imine (C=N–C) groups is 1. The van der Waals surface area contributed by atoms with Gasteiger partial charge in [-0.15, -0.1) is 6.42 Å². The first-order valence-electron chi connectivity index (χ1n) is 9.55. The van der Waals surface area contributed by atoms with Crippen molar-refractivity contribution < 1.29 is 19.0 Å². The van der Waals surface area contributed by atoms with E-state index in [1.807, 2.05) is 20.1 Å². The second-order valence-electron chi connectivity index (χ2n) is 7.64. The first-order valence-corrected chi connectivity index (χ1v) is 9.55. The highest BCUT2D eigenvalue weighted by Crippen LogP contribution is 2.39. The van der Waals surface area contributed by atoms with E-state index in [0.29, 0.717) is 37.0 Å². The number of aliphatic hydroxyl groups excluding tert-OH is 1. The molecule has 0 amide bonds. The molecular formula is C22H28FNO3. The van der Waals surface area contributed by atoms with Gasteiger partial charge in [0.1, 0.15) is 11.5 Å². The van der Waals surface area contributed by atoms with E-state index in [1.54, 1.807) is 13.2 Å². The van der Waals surface area contributed by atoms with Crippen LogP contribution >= 0.6 is 0 Å². The average Bonchev–Trinajstić information content (AvgIpc) is 2.66. The Hall–Kier alpha value is -2.06. The molecule has 0 aromatic carbocycles. The quantitative estimate of drug-likeness (QED) is 0.742. The lowest BCUT2D eigenvalue weighted by molar-refractivity contribution is -0.0807. The standard InChI is InChI=1S/C22H28FNO3/c1-5-13(2)10-15-14(3)6-7-20(22(15)23)27-19-8-9-24-17-12-18(25)21(26-4)11-16(17)19/h1,9-10,16-17,19-20,22,25H,6-8,11-12H2,2-4H3/b13-10-/t16-,17+,19+,20+,22?/m1/s1. The van der Waals surface area contributed by atoms with Gasteiger partial charge in [0.05, 0.1) is 25.4 Å². The van der Waals surface area contributed by atoms with Crippen LogP contribution < -0.4 is 0 Å². The summed E-state index contributed by atoms with van der Waals surface area (Å²) in [6.07, 6.45) is 10.4. The fourth-order valence-corrected chi connectivity index (χ4v) is 4.23. The molecule has 0 bridgehead atoms. The highest BCUT2D eigenvalue weighted by molar-refractivity contribution is 5.60. The molecule has 0 saturated heterocycles. The fourth-order valence-electron chi connectivity index (χ4n) is 4.23.